The number of benzene rings is 2. The number of rotatable bonds is 4. The number of likely N-dealkylation sites (tertiary alicyclic amines) is 1. The maximum atomic E-state index is 13.3. The fourth-order valence-electron chi connectivity index (χ4n) is 4.68. The third-order valence-electron chi connectivity index (χ3n) is 6.28. The molecule has 3 atom stereocenters. The van der Waals surface area contributed by atoms with Crippen molar-refractivity contribution < 1.29 is 4.79 Å². The van der Waals surface area contributed by atoms with Gasteiger partial charge in [0.15, 0.2) is 0 Å². The second kappa shape index (κ2) is 7.83. The van der Waals surface area contributed by atoms with Crippen LogP contribution < -0.4 is 10.6 Å². The second-order valence-corrected chi connectivity index (χ2v) is 7.86. The number of nitrogens with zero attached hydrogens (tertiary/aromatic N) is 2. The number of anilines is 1. The van der Waals surface area contributed by atoms with E-state index in [2.05, 4.69) is 54.3 Å². The van der Waals surface area contributed by atoms with Crippen LogP contribution >= 0.6 is 0 Å². The van der Waals surface area contributed by atoms with Crippen molar-refractivity contribution in [1.29, 1.82) is 0 Å². The maximum Gasteiger partial charge on any atom is 0.244 e. The first-order chi connectivity index (χ1) is 13.2. The van der Waals surface area contributed by atoms with E-state index < -0.39 is 0 Å². The molecule has 1 saturated heterocycles. The van der Waals surface area contributed by atoms with Crippen LogP contribution in [0.25, 0.3) is 0 Å². The Morgan fingerprint density at radius 1 is 1.11 bits per heavy atom. The Morgan fingerprint density at radius 3 is 2.63 bits per heavy atom. The molecule has 2 heterocycles. The quantitative estimate of drug-likeness (QED) is 0.908. The molecule has 0 aromatic heterocycles. The van der Waals surface area contributed by atoms with Crippen molar-refractivity contribution in [3.05, 3.63) is 65.7 Å². The molecule has 27 heavy (non-hydrogen) atoms. The predicted octanol–water partition coefficient (Wildman–Crippen LogP) is 3.03. The van der Waals surface area contributed by atoms with Crippen LogP contribution in [0.2, 0.25) is 0 Å². The molecule has 0 saturated carbocycles. The normalized spacial score (nSPS) is 23.9. The number of fused-ring (bicyclic) bond motifs is 1. The summed E-state index contributed by atoms with van der Waals surface area (Å²) >= 11 is 0. The zero-order chi connectivity index (χ0) is 18.8. The van der Waals surface area contributed by atoms with Crippen molar-refractivity contribution in [2.24, 2.45) is 11.7 Å². The molecule has 1 fully saturated rings. The van der Waals surface area contributed by atoms with Gasteiger partial charge in [-0.05, 0) is 49.4 Å². The van der Waals surface area contributed by atoms with Gasteiger partial charge in [0.05, 0.1) is 6.04 Å². The van der Waals surface area contributed by atoms with Crippen LogP contribution in [0, 0.1) is 5.92 Å². The second-order valence-electron chi connectivity index (χ2n) is 7.86. The number of amides is 1. The Labute approximate surface area is 162 Å². The number of para-hydroxylation sites is 1. The lowest BCUT2D eigenvalue weighted by Crippen LogP contribution is -2.48. The van der Waals surface area contributed by atoms with Crippen molar-refractivity contribution in [3.8, 4) is 0 Å². The largest absolute Gasteiger partial charge is 0.330 e. The summed E-state index contributed by atoms with van der Waals surface area (Å²) in [5, 5.41) is 0. The highest BCUT2D eigenvalue weighted by Crippen LogP contribution is 2.34. The molecule has 4 heteroatoms. The topological polar surface area (TPSA) is 49.6 Å². The van der Waals surface area contributed by atoms with E-state index in [1.165, 1.54) is 11.1 Å². The minimum absolute atomic E-state index is 0.126. The van der Waals surface area contributed by atoms with Gasteiger partial charge in [0, 0.05) is 31.2 Å². The lowest BCUT2D eigenvalue weighted by Gasteiger charge is -2.34. The third-order valence-corrected chi connectivity index (χ3v) is 6.28. The molecular formula is C23H29N3O. The number of hydrogen-bond donors (Lipinski definition) is 1. The van der Waals surface area contributed by atoms with Gasteiger partial charge in [-0.2, -0.15) is 0 Å². The van der Waals surface area contributed by atoms with E-state index in [-0.39, 0.29) is 11.9 Å². The summed E-state index contributed by atoms with van der Waals surface area (Å²) in [5.41, 5.74) is 9.79. The molecule has 2 N–H and O–H groups in total. The maximum absolute atomic E-state index is 13.3. The molecule has 1 amide bonds. The minimum atomic E-state index is -0.126. The standard InChI is InChI=1S/C23H29N3O/c1-17(23(27)26-13-7-11-19-10-5-6-12-22(19)26)25-15-20(14-24)21(16-25)18-8-3-2-4-9-18/h2-6,8-10,12,17,20-21H,7,11,13-16,24H2,1H3/t17?,20-,21+/m1/s1. The molecular weight excluding hydrogens is 334 g/mol. The van der Waals surface area contributed by atoms with E-state index in [9.17, 15) is 4.79 Å². The van der Waals surface area contributed by atoms with Crippen LogP contribution in [0.15, 0.2) is 54.6 Å². The molecule has 0 aliphatic carbocycles. The lowest BCUT2D eigenvalue weighted by molar-refractivity contribution is -0.123. The van der Waals surface area contributed by atoms with Gasteiger partial charge in [0.25, 0.3) is 0 Å². The van der Waals surface area contributed by atoms with Crippen molar-refractivity contribution in [3.63, 3.8) is 0 Å². The van der Waals surface area contributed by atoms with Crippen LogP contribution in [-0.4, -0.2) is 43.0 Å². The summed E-state index contributed by atoms with van der Waals surface area (Å²) in [6, 6.07) is 18.8. The summed E-state index contributed by atoms with van der Waals surface area (Å²) in [7, 11) is 0. The Kier molecular flexibility index (Phi) is 5.28. The number of carbonyl (C=O) groups is 1. The third kappa shape index (κ3) is 3.52. The average molecular weight is 364 g/mol. The number of nitrogens with two attached hydrogens (primary N) is 1. The van der Waals surface area contributed by atoms with Gasteiger partial charge in [-0.15, -0.1) is 0 Å². The summed E-state index contributed by atoms with van der Waals surface area (Å²) in [4.78, 5) is 17.7. The van der Waals surface area contributed by atoms with Crippen LogP contribution in [0.4, 0.5) is 5.69 Å². The van der Waals surface area contributed by atoms with Gasteiger partial charge in [0.1, 0.15) is 0 Å². The molecule has 4 nitrogen and oxygen atoms in total. The van der Waals surface area contributed by atoms with Gasteiger partial charge >= 0.3 is 0 Å². The first-order valence-electron chi connectivity index (χ1n) is 10.1. The highest BCUT2D eigenvalue weighted by atomic mass is 16.2. The van der Waals surface area contributed by atoms with E-state index >= 15 is 0 Å². The summed E-state index contributed by atoms with van der Waals surface area (Å²) < 4.78 is 0. The first kappa shape index (κ1) is 18.2. The zero-order valence-corrected chi connectivity index (χ0v) is 16.1. The molecule has 142 valence electrons. The highest BCUT2D eigenvalue weighted by Gasteiger charge is 2.38. The fourth-order valence-corrected chi connectivity index (χ4v) is 4.68. The van der Waals surface area contributed by atoms with Gasteiger partial charge in [-0.25, -0.2) is 0 Å². The first-order valence-corrected chi connectivity index (χ1v) is 10.1. The van der Waals surface area contributed by atoms with Crippen molar-refractivity contribution in [2.75, 3.05) is 31.1 Å². The smallest absolute Gasteiger partial charge is 0.244 e. The lowest BCUT2D eigenvalue weighted by atomic mass is 9.89. The number of carbonyl (C=O) groups excluding carboxylic acids is 1. The summed E-state index contributed by atoms with van der Waals surface area (Å²) in [6.45, 7) is 5.31. The average Bonchev–Trinajstić information content (AvgIpc) is 3.17. The molecule has 0 radical (unpaired) electrons. The predicted molar refractivity (Wildman–Crippen MR) is 110 cm³/mol. The molecule has 2 aliphatic rings. The van der Waals surface area contributed by atoms with E-state index in [1.54, 1.807) is 0 Å². The van der Waals surface area contributed by atoms with Gasteiger partial charge in [-0.1, -0.05) is 48.5 Å². The van der Waals surface area contributed by atoms with Crippen LogP contribution in [0.5, 0.6) is 0 Å². The molecule has 1 unspecified atom stereocenters. The Balaban J connectivity index is 1.52. The van der Waals surface area contributed by atoms with Gasteiger partial charge < -0.3 is 10.6 Å². The van der Waals surface area contributed by atoms with E-state index in [1.807, 2.05) is 17.0 Å². The summed E-state index contributed by atoms with van der Waals surface area (Å²) in [6.07, 6.45) is 2.09. The summed E-state index contributed by atoms with van der Waals surface area (Å²) in [5.74, 6) is 1.02. The monoisotopic (exact) mass is 363 g/mol. The van der Waals surface area contributed by atoms with Gasteiger partial charge in [0.2, 0.25) is 5.91 Å². The molecule has 4 rings (SSSR count). The highest BCUT2D eigenvalue weighted by molar-refractivity contribution is 5.98. The van der Waals surface area contributed by atoms with Crippen LogP contribution in [0.1, 0.15) is 30.4 Å². The van der Waals surface area contributed by atoms with E-state index in [0.717, 1.165) is 38.2 Å². The molecule has 2 aliphatic heterocycles. The zero-order valence-electron chi connectivity index (χ0n) is 16.1. The Hall–Kier alpha value is -2.17. The number of hydrogen-bond acceptors (Lipinski definition) is 3. The number of aryl methyl sites for hydroxylation is 1. The van der Waals surface area contributed by atoms with E-state index in [4.69, 9.17) is 5.73 Å². The molecule has 0 spiro atoms. The Morgan fingerprint density at radius 2 is 1.85 bits per heavy atom. The minimum Gasteiger partial charge on any atom is -0.330 e. The van der Waals surface area contributed by atoms with Crippen molar-refractivity contribution >= 4 is 11.6 Å². The molecule has 0 bridgehead atoms. The molecule has 2 aromatic carbocycles. The van der Waals surface area contributed by atoms with Crippen LogP contribution in [0.3, 0.4) is 0 Å². The van der Waals surface area contributed by atoms with Crippen LogP contribution in [-0.2, 0) is 11.2 Å². The van der Waals surface area contributed by atoms with Gasteiger partial charge in [-0.3, -0.25) is 9.69 Å². The van der Waals surface area contributed by atoms with Crippen molar-refractivity contribution in [2.45, 2.75) is 31.7 Å². The SMILES string of the molecule is CC(C(=O)N1CCCc2ccccc21)N1C[C@@H](CN)[C@H](c2ccccc2)C1. The fraction of sp³-hybridized carbons (Fsp3) is 0.435. The Bertz CT molecular complexity index is 791. The van der Waals surface area contributed by atoms with Crippen molar-refractivity contribution in [1.82, 2.24) is 4.90 Å². The molecule has 2 aromatic rings. The van der Waals surface area contributed by atoms with E-state index in [0.29, 0.717) is 18.4 Å².